The van der Waals surface area contributed by atoms with Gasteiger partial charge in [-0.25, -0.2) is 14.7 Å². The van der Waals surface area contributed by atoms with Crippen LogP contribution in [-0.2, 0) is 6.54 Å². The summed E-state index contributed by atoms with van der Waals surface area (Å²) >= 11 is 2.03. The fourth-order valence-electron chi connectivity index (χ4n) is 3.46. The Kier molecular flexibility index (Phi) is 4.81. The lowest BCUT2D eigenvalue weighted by molar-refractivity contribution is 0.182. The first-order valence-corrected chi connectivity index (χ1v) is 10.1. The van der Waals surface area contributed by atoms with Gasteiger partial charge in [0.05, 0.1) is 24.7 Å². The van der Waals surface area contributed by atoms with E-state index in [9.17, 15) is 0 Å². The van der Waals surface area contributed by atoms with E-state index in [1.807, 2.05) is 24.2 Å². The molecule has 2 aliphatic heterocycles. The summed E-state index contributed by atoms with van der Waals surface area (Å²) in [4.78, 5) is 12.0. The first-order valence-electron chi connectivity index (χ1n) is 8.97. The Morgan fingerprint density at radius 2 is 1.92 bits per heavy atom. The summed E-state index contributed by atoms with van der Waals surface area (Å²) in [6.07, 6.45) is 3.98. The van der Waals surface area contributed by atoms with Crippen LogP contribution in [0, 0.1) is 0 Å². The molecule has 3 heterocycles. The molecule has 1 aromatic carbocycles. The third-order valence-corrected chi connectivity index (χ3v) is 5.73. The second-order valence-electron chi connectivity index (χ2n) is 6.86. The van der Waals surface area contributed by atoms with E-state index in [2.05, 4.69) is 63.7 Å². The maximum atomic E-state index is 4.88. The fraction of sp³-hybridized carbons (Fsp3) is 0.474. The van der Waals surface area contributed by atoms with Gasteiger partial charge in [0.1, 0.15) is 0 Å². The molecular weight excluding hydrogens is 330 g/mol. The molecule has 1 atom stereocenters. The summed E-state index contributed by atoms with van der Waals surface area (Å²) in [7, 11) is 0. The lowest BCUT2D eigenvalue weighted by Gasteiger charge is -2.43. The monoisotopic (exact) mass is 355 g/mol. The molecule has 5 nitrogen and oxygen atoms in total. The molecule has 132 valence electrons. The highest BCUT2D eigenvalue weighted by molar-refractivity contribution is 7.99. The molecule has 0 aliphatic carbocycles. The highest BCUT2D eigenvalue weighted by Crippen LogP contribution is 2.25. The van der Waals surface area contributed by atoms with Crippen LogP contribution in [0.5, 0.6) is 0 Å². The Labute approximate surface area is 153 Å². The van der Waals surface area contributed by atoms with Gasteiger partial charge in [0.15, 0.2) is 12.1 Å². The van der Waals surface area contributed by atoms with Crippen molar-refractivity contribution in [3.05, 3.63) is 53.6 Å². The standard InChI is InChI=1S/C19H25N5S/c1-15(2)17-12-20-18-13-21-19(22-8-10-25-11-9-22)23(24(17)18)14-16-6-4-3-5-7-16/h3-7,12-13,15,19H,8-11,14H2,1-2H3. The quantitative estimate of drug-likeness (QED) is 0.845. The Morgan fingerprint density at radius 1 is 1.16 bits per heavy atom. The molecule has 0 N–H and O–H groups in total. The largest absolute Gasteiger partial charge is 0.269 e. The van der Waals surface area contributed by atoms with Crippen molar-refractivity contribution >= 4 is 18.0 Å². The molecule has 0 bridgehead atoms. The van der Waals surface area contributed by atoms with Crippen molar-refractivity contribution in [1.29, 1.82) is 0 Å². The Morgan fingerprint density at radius 3 is 2.64 bits per heavy atom. The number of fused-ring (bicyclic) bond motifs is 1. The highest BCUT2D eigenvalue weighted by Gasteiger charge is 2.32. The minimum Gasteiger partial charge on any atom is -0.269 e. The van der Waals surface area contributed by atoms with Gasteiger partial charge in [-0.1, -0.05) is 44.2 Å². The van der Waals surface area contributed by atoms with Gasteiger partial charge in [0.2, 0.25) is 0 Å². The number of thioether (sulfide) groups is 1. The number of imidazole rings is 1. The lowest BCUT2D eigenvalue weighted by Crippen LogP contribution is -2.56. The number of aliphatic imine (C=N–C) groups is 1. The second kappa shape index (κ2) is 7.22. The topological polar surface area (TPSA) is 36.7 Å². The molecule has 6 heteroatoms. The molecule has 2 aromatic rings. The predicted molar refractivity (Wildman–Crippen MR) is 105 cm³/mol. The molecule has 0 amide bonds. The first kappa shape index (κ1) is 16.7. The normalized spacial score (nSPS) is 20.9. The van der Waals surface area contributed by atoms with Crippen LogP contribution in [-0.4, -0.2) is 51.7 Å². The Bertz CT molecular complexity index is 734. The van der Waals surface area contributed by atoms with Gasteiger partial charge in [-0.2, -0.15) is 11.8 Å². The molecule has 1 unspecified atom stereocenters. The zero-order valence-electron chi connectivity index (χ0n) is 14.9. The third kappa shape index (κ3) is 3.33. The van der Waals surface area contributed by atoms with Crippen molar-refractivity contribution in [2.24, 2.45) is 4.99 Å². The minimum absolute atomic E-state index is 0.0420. The molecule has 1 saturated heterocycles. The maximum Gasteiger partial charge on any atom is 0.192 e. The van der Waals surface area contributed by atoms with Crippen molar-refractivity contribution in [1.82, 2.24) is 14.6 Å². The van der Waals surface area contributed by atoms with E-state index in [1.165, 1.54) is 22.8 Å². The molecular formula is C19H25N5S. The molecule has 2 aliphatic rings. The van der Waals surface area contributed by atoms with E-state index in [0.717, 1.165) is 25.5 Å². The van der Waals surface area contributed by atoms with Crippen molar-refractivity contribution in [2.75, 3.05) is 29.6 Å². The Balaban J connectivity index is 1.72. The van der Waals surface area contributed by atoms with Crippen LogP contribution in [0.3, 0.4) is 0 Å². The van der Waals surface area contributed by atoms with Crippen molar-refractivity contribution in [3.8, 4) is 0 Å². The van der Waals surface area contributed by atoms with E-state index in [-0.39, 0.29) is 6.29 Å². The highest BCUT2D eigenvalue weighted by atomic mass is 32.2. The smallest absolute Gasteiger partial charge is 0.192 e. The molecule has 0 spiro atoms. The van der Waals surface area contributed by atoms with Gasteiger partial charge in [0.25, 0.3) is 0 Å². The van der Waals surface area contributed by atoms with Crippen LogP contribution in [0.2, 0.25) is 0 Å². The van der Waals surface area contributed by atoms with E-state index < -0.39 is 0 Å². The lowest BCUT2D eigenvalue weighted by atomic mass is 10.1. The molecule has 0 radical (unpaired) electrons. The average Bonchev–Trinajstić information content (AvgIpc) is 3.08. The number of nitrogens with zero attached hydrogens (tertiary/aromatic N) is 5. The molecule has 1 aromatic heterocycles. The molecule has 0 saturated carbocycles. The Hall–Kier alpha value is -1.79. The van der Waals surface area contributed by atoms with Gasteiger partial charge in [-0.3, -0.25) is 9.91 Å². The predicted octanol–water partition coefficient (Wildman–Crippen LogP) is 2.91. The summed E-state index contributed by atoms with van der Waals surface area (Å²) in [5.74, 6) is 3.71. The number of hydrogen-bond acceptors (Lipinski definition) is 5. The first-order chi connectivity index (χ1) is 12.2. The maximum absolute atomic E-state index is 4.88. The van der Waals surface area contributed by atoms with Crippen LogP contribution in [0.15, 0.2) is 41.5 Å². The van der Waals surface area contributed by atoms with Crippen LogP contribution < -0.4 is 5.01 Å². The fourth-order valence-corrected chi connectivity index (χ4v) is 4.39. The summed E-state index contributed by atoms with van der Waals surface area (Å²) in [5, 5.41) is 2.38. The molecule has 4 rings (SSSR count). The molecule has 25 heavy (non-hydrogen) atoms. The summed E-state index contributed by atoms with van der Waals surface area (Å²) in [5.41, 5.74) is 2.54. The zero-order chi connectivity index (χ0) is 17.2. The van der Waals surface area contributed by atoms with E-state index in [4.69, 9.17) is 4.99 Å². The second-order valence-corrected chi connectivity index (χ2v) is 8.09. The van der Waals surface area contributed by atoms with Crippen molar-refractivity contribution < 1.29 is 0 Å². The van der Waals surface area contributed by atoms with Crippen LogP contribution >= 0.6 is 11.8 Å². The van der Waals surface area contributed by atoms with Gasteiger partial charge >= 0.3 is 0 Å². The number of benzene rings is 1. The van der Waals surface area contributed by atoms with Gasteiger partial charge in [0, 0.05) is 24.6 Å². The number of aromatic nitrogens is 2. The van der Waals surface area contributed by atoms with Gasteiger partial charge < -0.3 is 0 Å². The summed E-state index contributed by atoms with van der Waals surface area (Å²) in [6, 6.07) is 10.7. The van der Waals surface area contributed by atoms with E-state index in [0.29, 0.717) is 5.92 Å². The van der Waals surface area contributed by atoms with Crippen molar-refractivity contribution in [2.45, 2.75) is 32.6 Å². The number of hydrogen-bond donors (Lipinski definition) is 0. The van der Waals surface area contributed by atoms with Gasteiger partial charge in [-0.15, -0.1) is 0 Å². The SMILES string of the molecule is CC(C)c1cnc2n1N(Cc1ccccc1)C(N1CCSCC1)N=C2. The van der Waals surface area contributed by atoms with Crippen LogP contribution in [0.1, 0.15) is 36.8 Å². The van der Waals surface area contributed by atoms with E-state index in [1.54, 1.807) is 0 Å². The van der Waals surface area contributed by atoms with Crippen molar-refractivity contribution in [3.63, 3.8) is 0 Å². The zero-order valence-corrected chi connectivity index (χ0v) is 15.7. The van der Waals surface area contributed by atoms with E-state index >= 15 is 0 Å². The molecule has 1 fully saturated rings. The summed E-state index contributed by atoms with van der Waals surface area (Å²) < 4.78 is 2.29. The average molecular weight is 356 g/mol. The van der Waals surface area contributed by atoms with Gasteiger partial charge in [-0.05, 0) is 11.5 Å². The summed E-state index contributed by atoms with van der Waals surface area (Å²) in [6.45, 7) is 7.44. The third-order valence-electron chi connectivity index (χ3n) is 4.79. The van der Waals surface area contributed by atoms with Crippen LogP contribution in [0.4, 0.5) is 0 Å². The number of rotatable bonds is 4. The van der Waals surface area contributed by atoms with Crippen LogP contribution in [0.25, 0.3) is 0 Å². The minimum atomic E-state index is 0.0420.